The van der Waals surface area contributed by atoms with Crippen LogP contribution in [0.25, 0.3) is 0 Å². The molecule has 6 nitrogen and oxygen atoms in total. The van der Waals surface area contributed by atoms with E-state index in [9.17, 15) is 0 Å². The summed E-state index contributed by atoms with van der Waals surface area (Å²) < 4.78 is 11.6. The molecule has 1 unspecified atom stereocenters. The van der Waals surface area contributed by atoms with Crippen molar-refractivity contribution in [1.82, 2.24) is 15.5 Å². The van der Waals surface area contributed by atoms with Gasteiger partial charge in [-0.25, -0.2) is 0 Å². The highest BCUT2D eigenvalue weighted by molar-refractivity contribution is 5.79. The minimum Gasteiger partial charge on any atom is -0.378 e. The Hall–Kier alpha value is -1.63. The van der Waals surface area contributed by atoms with Crippen molar-refractivity contribution < 1.29 is 9.47 Å². The van der Waals surface area contributed by atoms with Crippen LogP contribution in [0.3, 0.4) is 0 Å². The van der Waals surface area contributed by atoms with Gasteiger partial charge in [0, 0.05) is 46.4 Å². The lowest BCUT2D eigenvalue weighted by Crippen LogP contribution is -2.40. The van der Waals surface area contributed by atoms with Gasteiger partial charge in [-0.3, -0.25) is 9.89 Å². The second-order valence-electron chi connectivity index (χ2n) is 8.57. The van der Waals surface area contributed by atoms with E-state index < -0.39 is 0 Å². The summed E-state index contributed by atoms with van der Waals surface area (Å²) in [4.78, 5) is 6.82. The minimum atomic E-state index is 0.325. The number of aliphatic imine (C=N–C) groups is 1. The van der Waals surface area contributed by atoms with Crippen LogP contribution < -0.4 is 10.6 Å². The number of guanidine groups is 1. The fourth-order valence-electron chi connectivity index (χ4n) is 4.30. The first-order chi connectivity index (χ1) is 14.7. The van der Waals surface area contributed by atoms with E-state index in [1.54, 1.807) is 0 Å². The molecular formula is C24H40N4O2. The Kier molecular flexibility index (Phi) is 9.93. The molecular weight excluding hydrogens is 376 g/mol. The van der Waals surface area contributed by atoms with Crippen LogP contribution in [-0.4, -0.2) is 63.0 Å². The number of ether oxygens (including phenoxy) is 2. The molecule has 1 heterocycles. The van der Waals surface area contributed by atoms with Crippen LogP contribution in [0.1, 0.15) is 56.6 Å². The van der Waals surface area contributed by atoms with E-state index in [1.165, 1.54) is 43.2 Å². The zero-order valence-corrected chi connectivity index (χ0v) is 18.9. The summed E-state index contributed by atoms with van der Waals surface area (Å²) in [7, 11) is 1.82. The first kappa shape index (κ1) is 23.0. The lowest BCUT2D eigenvalue weighted by Gasteiger charge is -2.31. The van der Waals surface area contributed by atoms with Crippen LogP contribution in [-0.2, 0) is 22.6 Å². The lowest BCUT2D eigenvalue weighted by molar-refractivity contribution is -0.0212. The molecule has 168 valence electrons. The Balaban J connectivity index is 1.34. The number of nitrogens with one attached hydrogen (secondary N) is 2. The van der Waals surface area contributed by atoms with E-state index in [-0.39, 0.29) is 0 Å². The van der Waals surface area contributed by atoms with Crippen molar-refractivity contribution >= 4 is 5.96 Å². The van der Waals surface area contributed by atoms with Gasteiger partial charge in [0.05, 0.1) is 18.8 Å². The molecule has 2 fully saturated rings. The number of nitrogens with zero attached hydrogens (tertiary/aromatic N) is 2. The number of hydrogen-bond acceptors (Lipinski definition) is 4. The first-order valence-corrected chi connectivity index (χ1v) is 11.7. The van der Waals surface area contributed by atoms with E-state index in [0.717, 1.165) is 58.3 Å². The van der Waals surface area contributed by atoms with Gasteiger partial charge >= 0.3 is 0 Å². The summed E-state index contributed by atoms with van der Waals surface area (Å²) >= 11 is 0. The molecule has 1 aromatic carbocycles. The van der Waals surface area contributed by atoms with Crippen LogP contribution in [0.15, 0.2) is 29.3 Å². The zero-order valence-electron chi connectivity index (χ0n) is 18.9. The Morgan fingerprint density at radius 3 is 2.83 bits per heavy atom. The van der Waals surface area contributed by atoms with Gasteiger partial charge in [0.25, 0.3) is 0 Å². The summed E-state index contributed by atoms with van der Waals surface area (Å²) in [6.07, 6.45) is 8.32. The normalized spacial score (nSPS) is 21.5. The molecule has 3 rings (SSSR count). The van der Waals surface area contributed by atoms with Crippen LogP contribution in [0.5, 0.6) is 0 Å². The predicted molar refractivity (Wildman–Crippen MR) is 123 cm³/mol. The molecule has 0 spiro atoms. The topological polar surface area (TPSA) is 58.1 Å². The second-order valence-corrected chi connectivity index (χ2v) is 8.57. The number of rotatable bonds is 9. The first-order valence-electron chi connectivity index (χ1n) is 11.7. The molecule has 1 atom stereocenters. The van der Waals surface area contributed by atoms with E-state index in [1.807, 2.05) is 7.05 Å². The second kappa shape index (κ2) is 12.9. The molecule has 0 amide bonds. The molecule has 1 aliphatic carbocycles. The average molecular weight is 417 g/mol. The molecule has 1 aromatic rings. The molecule has 2 aliphatic rings. The van der Waals surface area contributed by atoms with Crippen molar-refractivity contribution in [3.8, 4) is 0 Å². The smallest absolute Gasteiger partial charge is 0.191 e. The van der Waals surface area contributed by atoms with Crippen LogP contribution >= 0.6 is 0 Å². The number of morpholine rings is 1. The number of hydrogen-bond donors (Lipinski definition) is 2. The Labute approximate surface area is 182 Å². The maximum absolute atomic E-state index is 6.00. The van der Waals surface area contributed by atoms with Crippen LogP contribution in [0.2, 0.25) is 0 Å². The van der Waals surface area contributed by atoms with Gasteiger partial charge in [0.1, 0.15) is 0 Å². The van der Waals surface area contributed by atoms with Gasteiger partial charge < -0.3 is 20.1 Å². The van der Waals surface area contributed by atoms with Gasteiger partial charge in [0.2, 0.25) is 0 Å². The van der Waals surface area contributed by atoms with Gasteiger partial charge in [-0.15, -0.1) is 0 Å². The van der Waals surface area contributed by atoms with E-state index >= 15 is 0 Å². The fourth-order valence-corrected chi connectivity index (χ4v) is 4.30. The van der Waals surface area contributed by atoms with Crippen molar-refractivity contribution in [2.75, 3.05) is 39.9 Å². The van der Waals surface area contributed by atoms with Crippen molar-refractivity contribution in [2.24, 2.45) is 4.99 Å². The summed E-state index contributed by atoms with van der Waals surface area (Å²) in [5, 5.41) is 6.83. The predicted octanol–water partition coefficient (Wildman–Crippen LogP) is 3.31. The molecule has 6 heteroatoms. The molecule has 1 saturated carbocycles. The average Bonchev–Trinajstić information content (AvgIpc) is 2.77. The SMILES string of the molecule is CN=C(NCCCOC1CCCCC1)NCc1cccc(CN2CCOC(C)C2)c1. The highest BCUT2D eigenvalue weighted by Gasteiger charge is 2.16. The van der Waals surface area contributed by atoms with Gasteiger partial charge in [0.15, 0.2) is 5.96 Å². The molecule has 1 aliphatic heterocycles. The third kappa shape index (κ3) is 8.25. The summed E-state index contributed by atoms with van der Waals surface area (Å²) in [5.41, 5.74) is 2.63. The quantitative estimate of drug-likeness (QED) is 0.367. The molecule has 1 saturated heterocycles. The molecule has 30 heavy (non-hydrogen) atoms. The maximum Gasteiger partial charge on any atom is 0.191 e. The summed E-state index contributed by atoms with van der Waals surface area (Å²) in [6.45, 7) is 8.44. The largest absolute Gasteiger partial charge is 0.378 e. The molecule has 0 bridgehead atoms. The van der Waals surface area contributed by atoms with E-state index in [4.69, 9.17) is 9.47 Å². The molecule has 2 N–H and O–H groups in total. The van der Waals surface area contributed by atoms with Gasteiger partial charge in [-0.2, -0.15) is 0 Å². The van der Waals surface area contributed by atoms with Gasteiger partial charge in [-0.05, 0) is 37.3 Å². The van der Waals surface area contributed by atoms with Crippen molar-refractivity contribution in [1.29, 1.82) is 0 Å². The van der Waals surface area contributed by atoms with Crippen molar-refractivity contribution in [2.45, 2.75) is 70.7 Å². The fraction of sp³-hybridized carbons (Fsp3) is 0.708. The van der Waals surface area contributed by atoms with Gasteiger partial charge in [-0.1, -0.05) is 43.5 Å². The Morgan fingerprint density at radius 2 is 2.03 bits per heavy atom. The molecule has 0 aromatic heterocycles. The minimum absolute atomic E-state index is 0.325. The van der Waals surface area contributed by atoms with E-state index in [0.29, 0.717) is 12.2 Å². The highest BCUT2D eigenvalue weighted by atomic mass is 16.5. The zero-order chi connectivity index (χ0) is 21.0. The van der Waals surface area contributed by atoms with Crippen LogP contribution in [0.4, 0.5) is 0 Å². The van der Waals surface area contributed by atoms with Crippen LogP contribution in [0, 0.1) is 0 Å². The van der Waals surface area contributed by atoms with Crippen molar-refractivity contribution in [3.05, 3.63) is 35.4 Å². The lowest BCUT2D eigenvalue weighted by atomic mass is 9.98. The number of benzene rings is 1. The maximum atomic E-state index is 6.00. The third-order valence-electron chi connectivity index (χ3n) is 5.93. The third-order valence-corrected chi connectivity index (χ3v) is 5.93. The standard InChI is InChI=1S/C24H40N4O2/c1-20-18-28(13-15-29-20)19-22-9-6-8-21(16-22)17-27-24(25-2)26-12-7-14-30-23-10-4-3-5-11-23/h6,8-9,16,20,23H,3-5,7,10-15,17-19H2,1-2H3,(H2,25,26,27). The highest BCUT2D eigenvalue weighted by Crippen LogP contribution is 2.20. The Morgan fingerprint density at radius 1 is 1.20 bits per heavy atom. The monoisotopic (exact) mass is 416 g/mol. The van der Waals surface area contributed by atoms with Crippen molar-refractivity contribution in [3.63, 3.8) is 0 Å². The van der Waals surface area contributed by atoms with E-state index in [2.05, 4.69) is 51.7 Å². The molecule has 0 radical (unpaired) electrons. The Bertz CT molecular complexity index is 646. The summed E-state index contributed by atoms with van der Waals surface area (Å²) in [5.74, 6) is 0.847. The summed E-state index contributed by atoms with van der Waals surface area (Å²) in [6, 6.07) is 8.82.